The minimum absolute atomic E-state index is 0.0732. The summed E-state index contributed by atoms with van der Waals surface area (Å²) in [5.41, 5.74) is 0.739. The molecule has 1 aromatic heterocycles. The number of aryl methyl sites for hydroxylation is 1. The molecular weight excluding hydrogens is 246 g/mol. The summed E-state index contributed by atoms with van der Waals surface area (Å²) in [6.45, 7) is 3.83. The number of esters is 1. The summed E-state index contributed by atoms with van der Waals surface area (Å²) in [5, 5.41) is 10.3. The first-order chi connectivity index (χ1) is 9.08. The van der Waals surface area contributed by atoms with E-state index in [2.05, 4.69) is 4.98 Å². The molecule has 0 bridgehead atoms. The fraction of sp³-hybridized carbons (Fsp3) is 0.286. The molecule has 1 heterocycles. The van der Waals surface area contributed by atoms with Crippen LogP contribution >= 0.6 is 0 Å². The standard InChI is InChI=1S/C14H15NO4/c1-3-8-5-6-10-9(7-8)11(14(18)19-4-2)12(16)13(17)15-10/h5-7,16H,3-4H2,1-2H3,(H,15,17). The number of pyridine rings is 1. The summed E-state index contributed by atoms with van der Waals surface area (Å²) in [6.07, 6.45) is 0.790. The molecule has 0 fully saturated rings. The number of hydrogen-bond acceptors (Lipinski definition) is 4. The zero-order valence-corrected chi connectivity index (χ0v) is 10.8. The Balaban J connectivity index is 2.79. The second-order valence-electron chi connectivity index (χ2n) is 4.13. The number of rotatable bonds is 3. The van der Waals surface area contributed by atoms with Gasteiger partial charge in [0.05, 0.1) is 6.61 Å². The lowest BCUT2D eigenvalue weighted by Gasteiger charge is -2.09. The molecule has 0 atom stereocenters. The van der Waals surface area contributed by atoms with Gasteiger partial charge in [-0.05, 0) is 31.0 Å². The Hall–Kier alpha value is -2.30. The van der Waals surface area contributed by atoms with E-state index < -0.39 is 17.3 Å². The van der Waals surface area contributed by atoms with E-state index in [0.29, 0.717) is 10.9 Å². The maximum absolute atomic E-state index is 11.9. The predicted octanol–water partition coefficient (Wildman–Crippen LogP) is 1.97. The van der Waals surface area contributed by atoms with Crippen LogP contribution in [0.15, 0.2) is 23.0 Å². The number of hydrogen-bond donors (Lipinski definition) is 2. The Labute approximate surface area is 109 Å². The van der Waals surface area contributed by atoms with Crippen molar-refractivity contribution >= 4 is 16.9 Å². The molecule has 0 unspecified atom stereocenters. The van der Waals surface area contributed by atoms with E-state index in [-0.39, 0.29) is 12.2 Å². The van der Waals surface area contributed by atoms with Crippen molar-refractivity contribution in [3.8, 4) is 5.75 Å². The molecule has 19 heavy (non-hydrogen) atoms. The van der Waals surface area contributed by atoms with Crippen LogP contribution in [0.4, 0.5) is 0 Å². The van der Waals surface area contributed by atoms with Crippen molar-refractivity contribution in [3.05, 3.63) is 39.7 Å². The third-order valence-electron chi connectivity index (χ3n) is 2.94. The monoisotopic (exact) mass is 261 g/mol. The molecule has 0 aliphatic carbocycles. The molecule has 1 aromatic carbocycles. The Morgan fingerprint density at radius 3 is 2.74 bits per heavy atom. The molecular formula is C14H15NO4. The van der Waals surface area contributed by atoms with Crippen LogP contribution in [0.3, 0.4) is 0 Å². The van der Waals surface area contributed by atoms with Gasteiger partial charge in [-0.25, -0.2) is 4.79 Å². The maximum atomic E-state index is 11.9. The molecule has 2 N–H and O–H groups in total. The largest absolute Gasteiger partial charge is 0.502 e. The number of carbonyl (C=O) groups is 1. The predicted molar refractivity (Wildman–Crippen MR) is 71.6 cm³/mol. The van der Waals surface area contributed by atoms with Crippen molar-refractivity contribution in [1.29, 1.82) is 0 Å². The Morgan fingerprint density at radius 2 is 2.11 bits per heavy atom. The van der Waals surface area contributed by atoms with Crippen LogP contribution in [0.2, 0.25) is 0 Å². The SMILES string of the molecule is CCOC(=O)c1c(O)c(=O)[nH]c2ccc(CC)cc12. The number of carbonyl (C=O) groups excluding carboxylic acids is 1. The minimum atomic E-state index is -0.695. The fourth-order valence-electron chi connectivity index (χ4n) is 1.96. The van der Waals surface area contributed by atoms with Crippen LogP contribution in [0.1, 0.15) is 29.8 Å². The third-order valence-corrected chi connectivity index (χ3v) is 2.94. The van der Waals surface area contributed by atoms with Crippen molar-refractivity contribution in [2.24, 2.45) is 0 Å². The number of aromatic hydroxyl groups is 1. The molecule has 0 aliphatic rings. The lowest BCUT2D eigenvalue weighted by Crippen LogP contribution is -2.14. The quantitative estimate of drug-likeness (QED) is 0.828. The zero-order valence-electron chi connectivity index (χ0n) is 10.8. The second kappa shape index (κ2) is 5.14. The van der Waals surface area contributed by atoms with Gasteiger partial charge in [-0.1, -0.05) is 13.0 Å². The van der Waals surface area contributed by atoms with Gasteiger partial charge in [0.1, 0.15) is 5.56 Å². The third kappa shape index (κ3) is 2.31. The van der Waals surface area contributed by atoms with E-state index in [4.69, 9.17) is 4.74 Å². The van der Waals surface area contributed by atoms with E-state index in [0.717, 1.165) is 12.0 Å². The molecule has 100 valence electrons. The fourth-order valence-corrected chi connectivity index (χ4v) is 1.96. The van der Waals surface area contributed by atoms with Crippen LogP contribution in [0.5, 0.6) is 5.75 Å². The summed E-state index contributed by atoms with van der Waals surface area (Å²) in [4.78, 5) is 26.0. The number of H-pyrrole nitrogens is 1. The van der Waals surface area contributed by atoms with Crippen LogP contribution in [0.25, 0.3) is 10.9 Å². The second-order valence-corrected chi connectivity index (χ2v) is 4.13. The van der Waals surface area contributed by atoms with Gasteiger partial charge in [-0.15, -0.1) is 0 Å². The lowest BCUT2D eigenvalue weighted by molar-refractivity contribution is 0.0525. The van der Waals surface area contributed by atoms with Crippen molar-refractivity contribution < 1.29 is 14.6 Å². The number of nitrogens with one attached hydrogen (secondary N) is 1. The van der Waals surface area contributed by atoms with Crippen molar-refractivity contribution in [2.75, 3.05) is 6.61 Å². The summed E-state index contributed by atoms with van der Waals surface area (Å²) in [5.74, 6) is -1.29. The first-order valence-electron chi connectivity index (χ1n) is 6.13. The van der Waals surface area contributed by atoms with E-state index in [1.807, 2.05) is 13.0 Å². The normalized spacial score (nSPS) is 10.6. The molecule has 0 saturated carbocycles. The molecule has 0 saturated heterocycles. The number of aromatic nitrogens is 1. The molecule has 2 rings (SSSR count). The van der Waals surface area contributed by atoms with Crippen LogP contribution in [-0.2, 0) is 11.2 Å². The van der Waals surface area contributed by atoms with Gasteiger partial charge in [0, 0.05) is 10.9 Å². The molecule has 5 heteroatoms. The first-order valence-corrected chi connectivity index (χ1v) is 6.13. The highest BCUT2D eigenvalue weighted by Gasteiger charge is 2.19. The van der Waals surface area contributed by atoms with Gasteiger partial charge in [-0.3, -0.25) is 4.79 Å². The summed E-state index contributed by atoms with van der Waals surface area (Å²) in [7, 11) is 0. The van der Waals surface area contributed by atoms with Crippen LogP contribution in [0, 0.1) is 0 Å². The van der Waals surface area contributed by atoms with Gasteiger partial charge >= 0.3 is 5.97 Å². The van der Waals surface area contributed by atoms with E-state index in [1.165, 1.54) is 0 Å². The van der Waals surface area contributed by atoms with E-state index >= 15 is 0 Å². The van der Waals surface area contributed by atoms with Gasteiger partial charge in [-0.2, -0.15) is 0 Å². The average molecular weight is 261 g/mol. The van der Waals surface area contributed by atoms with Crippen LogP contribution < -0.4 is 5.56 Å². The highest BCUT2D eigenvalue weighted by molar-refractivity contribution is 6.05. The zero-order chi connectivity index (χ0) is 14.0. The van der Waals surface area contributed by atoms with Crippen molar-refractivity contribution in [2.45, 2.75) is 20.3 Å². The molecule has 0 spiro atoms. The molecule has 5 nitrogen and oxygen atoms in total. The Bertz CT molecular complexity index is 688. The van der Waals surface area contributed by atoms with Gasteiger partial charge in [0.15, 0.2) is 5.75 Å². The topological polar surface area (TPSA) is 79.4 Å². The van der Waals surface area contributed by atoms with Gasteiger partial charge in [0.2, 0.25) is 0 Å². The molecule has 2 aromatic rings. The van der Waals surface area contributed by atoms with E-state index in [1.54, 1.807) is 19.1 Å². The van der Waals surface area contributed by atoms with Crippen molar-refractivity contribution in [1.82, 2.24) is 4.98 Å². The lowest BCUT2D eigenvalue weighted by atomic mass is 10.0. The minimum Gasteiger partial charge on any atom is -0.502 e. The summed E-state index contributed by atoms with van der Waals surface area (Å²) in [6, 6.07) is 5.36. The molecule has 0 aliphatic heterocycles. The average Bonchev–Trinajstić information content (AvgIpc) is 2.40. The highest BCUT2D eigenvalue weighted by atomic mass is 16.5. The van der Waals surface area contributed by atoms with Gasteiger partial charge in [0.25, 0.3) is 5.56 Å². The molecule has 0 radical (unpaired) electrons. The van der Waals surface area contributed by atoms with Gasteiger partial charge < -0.3 is 14.8 Å². The number of fused-ring (bicyclic) bond motifs is 1. The molecule has 0 amide bonds. The Morgan fingerprint density at radius 1 is 1.37 bits per heavy atom. The Kier molecular flexibility index (Phi) is 3.55. The summed E-state index contributed by atoms with van der Waals surface area (Å²) >= 11 is 0. The smallest absolute Gasteiger partial charge is 0.342 e. The highest BCUT2D eigenvalue weighted by Crippen LogP contribution is 2.24. The number of benzene rings is 1. The maximum Gasteiger partial charge on any atom is 0.342 e. The van der Waals surface area contributed by atoms with Crippen molar-refractivity contribution in [3.63, 3.8) is 0 Å². The first kappa shape index (κ1) is 13.1. The number of aromatic amines is 1. The van der Waals surface area contributed by atoms with E-state index in [9.17, 15) is 14.7 Å². The summed E-state index contributed by atoms with van der Waals surface area (Å²) < 4.78 is 4.89. The number of ether oxygens (including phenoxy) is 1. The van der Waals surface area contributed by atoms with Crippen LogP contribution in [-0.4, -0.2) is 22.7 Å².